The van der Waals surface area contributed by atoms with Crippen LogP contribution in [0.1, 0.15) is 26.3 Å². The van der Waals surface area contributed by atoms with Crippen LogP contribution in [0.2, 0.25) is 0 Å². The lowest BCUT2D eigenvalue weighted by Gasteiger charge is -2.21. The Morgan fingerprint density at radius 2 is 1.52 bits per heavy atom. The van der Waals surface area contributed by atoms with Crippen LogP contribution in [-0.4, -0.2) is 13.3 Å². The van der Waals surface area contributed by atoms with Gasteiger partial charge in [0.2, 0.25) is 0 Å². The second-order valence-electron chi connectivity index (χ2n) is 6.94. The van der Waals surface area contributed by atoms with E-state index in [1.807, 2.05) is 20.8 Å². The van der Waals surface area contributed by atoms with E-state index in [0.29, 0.717) is 10.9 Å². The predicted octanol–water partition coefficient (Wildman–Crippen LogP) is 5.30. The maximum atomic E-state index is 14.3. The highest BCUT2D eigenvalue weighted by molar-refractivity contribution is 7.70. The van der Waals surface area contributed by atoms with Crippen molar-refractivity contribution in [2.45, 2.75) is 26.2 Å². The van der Waals surface area contributed by atoms with Crippen LogP contribution < -0.4 is 10.0 Å². The number of ether oxygens (including phenoxy) is 1. The van der Waals surface area contributed by atoms with E-state index in [9.17, 15) is 13.3 Å². The summed E-state index contributed by atoms with van der Waals surface area (Å²) in [6, 6.07) is 9.16. The molecule has 0 aliphatic heterocycles. The molecular weight excluding hydrogens is 317 g/mol. The molecule has 2 rings (SSSR count). The van der Waals surface area contributed by atoms with Crippen molar-refractivity contribution in [3.05, 3.63) is 53.6 Å². The van der Waals surface area contributed by atoms with E-state index in [2.05, 4.69) is 0 Å². The molecule has 0 radical (unpaired) electrons. The van der Waals surface area contributed by atoms with Crippen molar-refractivity contribution in [2.24, 2.45) is 0 Å². The maximum Gasteiger partial charge on any atom is 0.198 e. The summed E-state index contributed by atoms with van der Waals surface area (Å²) < 4.78 is 46.4. The molecule has 23 heavy (non-hydrogen) atoms. The summed E-state index contributed by atoms with van der Waals surface area (Å²) in [4.78, 5) is 0. The van der Waals surface area contributed by atoms with Crippen LogP contribution >= 0.6 is 7.14 Å². The third kappa shape index (κ3) is 4.00. The maximum absolute atomic E-state index is 14.3. The molecule has 0 atom stereocenters. The van der Waals surface area contributed by atoms with E-state index >= 15 is 0 Å². The van der Waals surface area contributed by atoms with Crippen molar-refractivity contribution in [1.82, 2.24) is 0 Å². The van der Waals surface area contributed by atoms with E-state index in [-0.39, 0.29) is 11.2 Å². The van der Waals surface area contributed by atoms with Crippen LogP contribution in [0.5, 0.6) is 11.5 Å². The lowest BCUT2D eigenvalue weighted by Crippen LogP contribution is -2.13. The summed E-state index contributed by atoms with van der Waals surface area (Å²) in [5, 5.41) is 0.457. The number of para-hydroxylation sites is 1. The van der Waals surface area contributed by atoms with Gasteiger partial charge in [-0.25, -0.2) is 8.78 Å². The molecule has 0 bridgehead atoms. The zero-order chi connectivity index (χ0) is 17.4. The monoisotopic (exact) mass is 338 g/mol. The van der Waals surface area contributed by atoms with Crippen LogP contribution in [0.4, 0.5) is 8.78 Å². The Labute approximate surface area is 135 Å². The summed E-state index contributed by atoms with van der Waals surface area (Å²) in [6.45, 7) is 8.81. The van der Waals surface area contributed by atoms with Crippen LogP contribution in [0.25, 0.3) is 0 Å². The molecule has 0 aliphatic rings. The van der Waals surface area contributed by atoms with E-state index in [1.165, 1.54) is 12.1 Å². The summed E-state index contributed by atoms with van der Waals surface area (Å²) >= 11 is 0. The molecule has 0 aliphatic carbocycles. The zero-order valence-electron chi connectivity index (χ0n) is 14.0. The summed E-state index contributed by atoms with van der Waals surface area (Å²) in [6.07, 6.45) is 0. The molecule has 0 heterocycles. The molecule has 0 saturated carbocycles. The highest BCUT2D eigenvalue weighted by Gasteiger charge is 2.23. The van der Waals surface area contributed by atoms with Gasteiger partial charge in [0.1, 0.15) is 12.9 Å². The minimum Gasteiger partial charge on any atom is -0.450 e. The molecule has 0 amide bonds. The SMILES string of the molecule is CC(C)(C)c1cc(F)c(Oc2ccccc2P(C)(C)=O)c(F)c1. The number of rotatable bonds is 3. The Morgan fingerprint density at radius 3 is 2.00 bits per heavy atom. The fourth-order valence-corrected chi connectivity index (χ4v) is 3.28. The first kappa shape index (κ1) is 17.7. The highest BCUT2D eigenvalue weighted by Crippen LogP contribution is 2.40. The third-order valence-corrected chi connectivity index (χ3v) is 5.05. The molecule has 2 aromatic carbocycles. The number of halogens is 2. The van der Waals surface area contributed by atoms with Gasteiger partial charge in [0.15, 0.2) is 17.4 Å². The highest BCUT2D eigenvalue weighted by atomic mass is 31.2. The first-order valence-electron chi connectivity index (χ1n) is 7.32. The lowest BCUT2D eigenvalue weighted by molar-refractivity contribution is 0.406. The van der Waals surface area contributed by atoms with Gasteiger partial charge < -0.3 is 9.30 Å². The second-order valence-corrected chi connectivity index (χ2v) is 10.1. The largest absolute Gasteiger partial charge is 0.450 e. The van der Waals surface area contributed by atoms with Crippen LogP contribution in [0.15, 0.2) is 36.4 Å². The van der Waals surface area contributed by atoms with Gasteiger partial charge in [-0.15, -0.1) is 0 Å². The van der Waals surface area contributed by atoms with Crippen molar-refractivity contribution in [3.63, 3.8) is 0 Å². The molecule has 2 nitrogen and oxygen atoms in total. The normalized spacial score (nSPS) is 12.3. The minimum atomic E-state index is -2.63. The van der Waals surface area contributed by atoms with Gasteiger partial charge in [-0.05, 0) is 48.6 Å². The fraction of sp³-hybridized carbons (Fsp3) is 0.333. The molecule has 0 unspecified atom stereocenters. The van der Waals surface area contributed by atoms with Gasteiger partial charge in [-0.1, -0.05) is 32.9 Å². The number of hydrogen-bond donors (Lipinski definition) is 0. The third-order valence-electron chi connectivity index (χ3n) is 3.52. The Hall–Kier alpha value is -1.67. The molecular formula is C18H21F2O2P. The van der Waals surface area contributed by atoms with Crippen molar-refractivity contribution < 1.29 is 18.1 Å². The van der Waals surface area contributed by atoms with Gasteiger partial charge in [-0.3, -0.25) is 0 Å². The quantitative estimate of drug-likeness (QED) is 0.710. The molecule has 0 saturated heterocycles. The first-order valence-corrected chi connectivity index (χ1v) is 9.92. The predicted molar refractivity (Wildman–Crippen MR) is 90.7 cm³/mol. The smallest absolute Gasteiger partial charge is 0.198 e. The van der Waals surface area contributed by atoms with Crippen LogP contribution in [0, 0.1) is 11.6 Å². The van der Waals surface area contributed by atoms with E-state index < -0.39 is 24.5 Å². The number of hydrogen-bond acceptors (Lipinski definition) is 2. The van der Waals surface area contributed by atoms with Crippen molar-refractivity contribution in [3.8, 4) is 11.5 Å². The average Bonchev–Trinajstić information content (AvgIpc) is 2.41. The molecule has 0 aromatic heterocycles. The zero-order valence-corrected chi connectivity index (χ0v) is 14.9. The van der Waals surface area contributed by atoms with Gasteiger partial charge in [0.25, 0.3) is 0 Å². The summed E-state index contributed by atoms with van der Waals surface area (Å²) in [5.74, 6) is -1.81. The Kier molecular flexibility index (Phi) is 4.68. The molecule has 124 valence electrons. The van der Waals surface area contributed by atoms with Crippen LogP contribution in [0.3, 0.4) is 0 Å². The minimum absolute atomic E-state index is 0.210. The average molecular weight is 338 g/mol. The molecule has 0 spiro atoms. The van der Waals surface area contributed by atoms with Gasteiger partial charge in [-0.2, -0.15) is 0 Å². The Bertz CT molecular complexity index is 750. The van der Waals surface area contributed by atoms with Crippen molar-refractivity contribution in [2.75, 3.05) is 13.3 Å². The van der Waals surface area contributed by atoms with E-state index in [1.54, 1.807) is 37.6 Å². The van der Waals surface area contributed by atoms with Gasteiger partial charge in [0.05, 0.1) is 5.30 Å². The molecule has 0 N–H and O–H groups in total. The van der Waals surface area contributed by atoms with E-state index in [0.717, 1.165) is 0 Å². The van der Waals surface area contributed by atoms with Crippen LogP contribution in [-0.2, 0) is 9.98 Å². The van der Waals surface area contributed by atoms with E-state index in [4.69, 9.17) is 4.74 Å². The molecule has 0 fully saturated rings. The molecule has 2 aromatic rings. The summed E-state index contributed by atoms with van der Waals surface area (Å²) in [5.41, 5.74) is 0.172. The summed E-state index contributed by atoms with van der Waals surface area (Å²) in [7, 11) is -2.63. The van der Waals surface area contributed by atoms with Crippen molar-refractivity contribution >= 4 is 12.4 Å². The van der Waals surface area contributed by atoms with Gasteiger partial charge in [0, 0.05) is 0 Å². The lowest BCUT2D eigenvalue weighted by atomic mass is 9.87. The first-order chi connectivity index (χ1) is 10.5. The topological polar surface area (TPSA) is 26.3 Å². The van der Waals surface area contributed by atoms with Gasteiger partial charge >= 0.3 is 0 Å². The Balaban J connectivity index is 2.49. The Morgan fingerprint density at radius 1 is 1.00 bits per heavy atom. The number of benzene rings is 2. The van der Waals surface area contributed by atoms with Crippen molar-refractivity contribution in [1.29, 1.82) is 0 Å². The second kappa shape index (κ2) is 6.09. The fourth-order valence-electron chi connectivity index (χ4n) is 2.19. The standard InChI is InChI=1S/C18H21F2O2P/c1-18(2,3)12-10-13(19)17(14(20)11-12)22-15-8-6-7-9-16(15)23(4,5)21/h6-11H,1-5H3. The molecule has 5 heteroatoms.